The number of anilines is 4. The van der Waals surface area contributed by atoms with Crippen molar-refractivity contribution in [1.29, 1.82) is 0 Å². The minimum atomic E-state index is -4.64. The highest BCUT2D eigenvalue weighted by atomic mass is 19.4. The first kappa shape index (κ1) is 33.9. The van der Waals surface area contributed by atoms with Gasteiger partial charge >= 0.3 is 6.18 Å². The highest BCUT2D eigenvalue weighted by molar-refractivity contribution is 6.05. The van der Waals surface area contributed by atoms with Crippen molar-refractivity contribution >= 4 is 40.1 Å². The van der Waals surface area contributed by atoms with Crippen molar-refractivity contribution in [3.63, 3.8) is 0 Å². The van der Waals surface area contributed by atoms with Gasteiger partial charge in [-0.05, 0) is 96.2 Å². The van der Waals surface area contributed by atoms with Crippen LogP contribution in [0, 0.1) is 6.92 Å². The minimum absolute atomic E-state index is 0.0257. The molecule has 0 radical (unpaired) electrons. The fourth-order valence-electron chi connectivity index (χ4n) is 5.39. The van der Waals surface area contributed by atoms with E-state index in [2.05, 4.69) is 54.9 Å². The first-order valence-corrected chi connectivity index (χ1v) is 15.7. The SMILES string of the molecule is Cc1ccc(NC(=O)c2cc(OC3CCN(C)CC3)cc(C(F)(F)F)c2)cc1Nc1nn(C)c2nc(NCCCCN(C)C)ncc12. The lowest BCUT2D eigenvalue weighted by atomic mass is 10.1. The molecule has 1 aliphatic heterocycles. The molecule has 3 N–H and O–H groups in total. The Kier molecular flexibility index (Phi) is 10.5. The number of alkyl halides is 3. The van der Waals surface area contributed by atoms with Crippen molar-refractivity contribution in [2.75, 3.05) is 63.3 Å². The normalized spacial score (nSPS) is 14.5. The summed E-state index contributed by atoms with van der Waals surface area (Å²) in [6.07, 6.45) is 0.297. The van der Waals surface area contributed by atoms with Crippen molar-refractivity contribution in [3.8, 4) is 5.75 Å². The third-order valence-electron chi connectivity index (χ3n) is 8.11. The zero-order chi connectivity index (χ0) is 33.7. The van der Waals surface area contributed by atoms with Crippen LogP contribution >= 0.6 is 0 Å². The van der Waals surface area contributed by atoms with Crippen molar-refractivity contribution in [2.45, 2.75) is 44.9 Å². The van der Waals surface area contributed by atoms with Crippen LogP contribution in [0.25, 0.3) is 11.0 Å². The van der Waals surface area contributed by atoms with E-state index in [1.165, 1.54) is 6.07 Å². The highest BCUT2D eigenvalue weighted by Gasteiger charge is 2.32. The van der Waals surface area contributed by atoms with Gasteiger partial charge in [0.2, 0.25) is 5.95 Å². The van der Waals surface area contributed by atoms with Crippen molar-refractivity contribution < 1.29 is 22.7 Å². The Bertz CT molecular complexity index is 1700. The molecule has 1 aliphatic rings. The number of likely N-dealkylation sites (tertiary alicyclic amines) is 1. The molecule has 14 heteroatoms. The topological polar surface area (TPSA) is 112 Å². The first-order chi connectivity index (χ1) is 22.4. The number of nitrogens with zero attached hydrogens (tertiary/aromatic N) is 6. The molecule has 2 aromatic heterocycles. The van der Waals surface area contributed by atoms with Gasteiger partial charge in [0.15, 0.2) is 11.5 Å². The van der Waals surface area contributed by atoms with E-state index in [9.17, 15) is 18.0 Å². The number of halogens is 3. The average Bonchev–Trinajstić information content (AvgIpc) is 3.33. The molecular weight excluding hydrogens is 611 g/mol. The van der Waals surface area contributed by atoms with E-state index in [1.54, 1.807) is 36.1 Å². The van der Waals surface area contributed by atoms with Crippen LogP contribution in [0.15, 0.2) is 42.6 Å². The van der Waals surface area contributed by atoms with E-state index in [-0.39, 0.29) is 17.4 Å². The number of carbonyl (C=O) groups excluding carboxylic acids is 1. The fraction of sp³-hybridized carbons (Fsp3) is 0.455. The number of nitrogens with one attached hydrogen (secondary N) is 3. The number of benzene rings is 2. The van der Waals surface area contributed by atoms with E-state index < -0.39 is 17.6 Å². The van der Waals surface area contributed by atoms with Crippen LogP contribution in [0.3, 0.4) is 0 Å². The van der Waals surface area contributed by atoms with Crippen molar-refractivity contribution in [1.82, 2.24) is 29.5 Å². The second-order valence-electron chi connectivity index (χ2n) is 12.3. The molecule has 4 aromatic rings. The summed E-state index contributed by atoms with van der Waals surface area (Å²) in [4.78, 5) is 26.7. The quantitative estimate of drug-likeness (QED) is 0.161. The largest absolute Gasteiger partial charge is 0.490 e. The molecule has 0 unspecified atom stereocenters. The van der Waals surface area contributed by atoms with Crippen molar-refractivity contribution in [3.05, 3.63) is 59.3 Å². The summed E-state index contributed by atoms with van der Waals surface area (Å²) in [5.74, 6) is 0.391. The number of rotatable bonds is 12. The van der Waals surface area contributed by atoms with Gasteiger partial charge in [0.05, 0.1) is 10.9 Å². The van der Waals surface area contributed by atoms with Crippen LogP contribution < -0.4 is 20.7 Å². The molecule has 0 bridgehead atoms. The molecule has 1 saturated heterocycles. The van der Waals surface area contributed by atoms with Crippen LogP contribution in [0.1, 0.15) is 47.2 Å². The Labute approximate surface area is 272 Å². The Hall–Kier alpha value is -4.43. The number of aromatic nitrogens is 4. The number of hydrogen-bond acceptors (Lipinski definition) is 9. The van der Waals surface area contributed by atoms with Gasteiger partial charge in [-0.25, -0.2) is 9.67 Å². The smallest absolute Gasteiger partial charge is 0.416 e. The average molecular weight is 654 g/mol. The molecular formula is C33H42F3N9O2. The van der Waals surface area contributed by atoms with E-state index in [0.29, 0.717) is 47.0 Å². The lowest BCUT2D eigenvalue weighted by Crippen LogP contribution is -2.35. The van der Waals surface area contributed by atoms with Crippen LogP contribution in [0.4, 0.5) is 36.3 Å². The van der Waals surface area contributed by atoms with E-state index in [1.807, 2.05) is 14.0 Å². The monoisotopic (exact) mass is 653 g/mol. The van der Waals surface area contributed by atoms with Crippen LogP contribution in [0.2, 0.25) is 0 Å². The van der Waals surface area contributed by atoms with Gasteiger partial charge in [-0.2, -0.15) is 23.3 Å². The molecule has 252 valence electrons. The van der Waals surface area contributed by atoms with Crippen molar-refractivity contribution in [2.24, 2.45) is 7.05 Å². The number of piperidine rings is 1. The molecule has 3 heterocycles. The summed E-state index contributed by atoms with van der Waals surface area (Å²) in [7, 11) is 7.89. The third kappa shape index (κ3) is 8.89. The number of hydrogen-bond donors (Lipinski definition) is 3. The van der Waals surface area contributed by atoms with Crippen LogP contribution in [0.5, 0.6) is 5.75 Å². The number of carbonyl (C=O) groups is 1. The van der Waals surface area contributed by atoms with Crippen LogP contribution in [-0.2, 0) is 13.2 Å². The molecule has 2 aromatic carbocycles. The number of amides is 1. The summed E-state index contributed by atoms with van der Waals surface area (Å²) in [5.41, 5.74) is 1.48. The Morgan fingerprint density at radius 2 is 1.85 bits per heavy atom. The molecule has 1 fully saturated rings. The highest BCUT2D eigenvalue weighted by Crippen LogP contribution is 2.34. The Morgan fingerprint density at radius 3 is 2.57 bits per heavy atom. The maximum Gasteiger partial charge on any atom is 0.416 e. The van der Waals surface area contributed by atoms with Gasteiger partial charge in [-0.15, -0.1) is 0 Å². The van der Waals surface area contributed by atoms with Gasteiger partial charge in [0.25, 0.3) is 5.91 Å². The lowest BCUT2D eigenvalue weighted by Gasteiger charge is -2.29. The van der Waals surface area contributed by atoms with E-state index in [4.69, 9.17) is 4.74 Å². The molecule has 0 aliphatic carbocycles. The minimum Gasteiger partial charge on any atom is -0.490 e. The number of unbranched alkanes of at least 4 members (excludes halogenated alkanes) is 1. The van der Waals surface area contributed by atoms with E-state index >= 15 is 0 Å². The predicted octanol–water partition coefficient (Wildman–Crippen LogP) is 5.91. The second kappa shape index (κ2) is 14.6. The molecule has 11 nitrogen and oxygen atoms in total. The van der Waals surface area contributed by atoms with Gasteiger partial charge in [-0.1, -0.05) is 6.07 Å². The zero-order valence-electron chi connectivity index (χ0n) is 27.4. The lowest BCUT2D eigenvalue weighted by molar-refractivity contribution is -0.137. The molecule has 5 rings (SSSR count). The summed E-state index contributed by atoms with van der Waals surface area (Å²) < 4.78 is 49.0. The van der Waals surface area contributed by atoms with Gasteiger partial charge in [0, 0.05) is 49.8 Å². The van der Waals surface area contributed by atoms with Gasteiger partial charge in [0.1, 0.15) is 11.9 Å². The van der Waals surface area contributed by atoms with E-state index in [0.717, 1.165) is 56.7 Å². The fourth-order valence-corrected chi connectivity index (χ4v) is 5.39. The molecule has 1 amide bonds. The van der Waals surface area contributed by atoms with Gasteiger partial charge < -0.3 is 30.5 Å². The van der Waals surface area contributed by atoms with Crippen LogP contribution in [-0.4, -0.2) is 88.9 Å². The predicted molar refractivity (Wildman–Crippen MR) is 178 cm³/mol. The summed E-state index contributed by atoms with van der Waals surface area (Å²) >= 11 is 0. The Balaban J connectivity index is 1.30. The summed E-state index contributed by atoms with van der Waals surface area (Å²) in [6.45, 7) is 5.25. The Morgan fingerprint density at radius 1 is 1.09 bits per heavy atom. The first-order valence-electron chi connectivity index (χ1n) is 15.7. The molecule has 0 spiro atoms. The molecule has 47 heavy (non-hydrogen) atoms. The third-order valence-corrected chi connectivity index (χ3v) is 8.11. The summed E-state index contributed by atoms with van der Waals surface area (Å²) in [6, 6.07) is 8.37. The maximum atomic E-state index is 13.8. The number of aryl methyl sites for hydroxylation is 2. The molecule has 0 saturated carbocycles. The second-order valence-corrected chi connectivity index (χ2v) is 12.3. The molecule has 0 atom stereocenters. The number of fused-ring (bicyclic) bond motifs is 1. The maximum absolute atomic E-state index is 13.8. The standard InChI is InChI=1S/C33H42F3N9O2/c1-21-8-9-24(39-31(46)22-16-23(33(34,35)36)18-26(17-22)47-25-10-14-44(4)15-11-25)19-28(21)40-29-27-20-38-32(41-30(27)45(5)42-29)37-12-6-7-13-43(2)3/h8-9,16-20,25H,6-7,10-15H2,1-5H3,(H,39,46)(H,40,42)(H,37,38,41). The summed E-state index contributed by atoms with van der Waals surface area (Å²) in [5, 5.41) is 14.6. The zero-order valence-corrected chi connectivity index (χ0v) is 27.4. The number of ether oxygens (including phenoxy) is 1. The van der Waals surface area contributed by atoms with Gasteiger partial charge in [-0.3, -0.25) is 4.79 Å².